The molecule has 1 amide bonds. The van der Waals surface area contributed by atoms with E-state index in [4.69, 9.17) is 4.42 Å². The van der Waals surface area contributed by atoms with Crippen LogP contribution in [0.15, 0.2) is 59.0 Å². The van der Waals surface area contributed by atoms with Gasteiger partial charge in [0.25, 0.3) is 5.91 Å². The zero-order valence-corrected chi connectivity index (χ0v) is 18.1. The number of anilines is 1. The first-order chi connectivity index (χ1) is 14.5. The molecular formula is C23H24N4O2S. The number of benzene rings is 2. The predicted octanol–water partition coefficient (Wildman–Crippen LogP) is 5.29. The maximum absolute atomic E-state index is 12.5. The van der Waals surface area contributed by atoms with E-state index in [0.717, 1.165) is 33.8 Å². The Morgan fingerprint density at radius 1 is 1.17 bits per heavy atom. The van der Waals surface area contributed by atoms with E-state index in [1.54, 1.807) is 0 Å². The molecule has 0 aliphatic heterocycles. The number of carbonyl (C=O) groups excluding carboxylic acids is 1. The number of para-hydroxylation sites is 1. The van der Waals surface area contributed by atoms with E-state index in [1.165, 1.54) is 16.9 Å². The molecule has 1 atom stereocenters. The Bertz CT molecular complexity index is 1120. The van der Waals surface area contributed by atoms with Gasteiger partial charge in [0, 0.05) is 11.1 Å². The molecule has 1 N–H and O–H groups in total. The number of aromatic nitrogens is 2. The lowest BCUT2D eigenvalue weighted by atomic mass is 10.1. The van der Waals surface area contributed by atoms with Crippen molar-refractivity contribution in [2.75, 3.05) is 12.4 Å². The number of fused-ring (bicyclic) bond motifs is 1. The monoisotopic (exact) mass is 420 g/mol. The van der Waals surface area contributed by atoms with Crippen LogP contribution < -0.4 is 5.32 Å². The van der Waals surface area contributed by atoms with Crippen LogP contribution in [0.2, 0.25) is 0 Å². The van der Waals surface area contributed by atoms with Crippen LogP contribution in [0.3, 0.4) is 0 Å². The fraction of sp³-hybridized carbons (Fsp3) is 0.261. The predicted molar refractivity (Wildman–Crippen MR) is 120 cm³/mol. The minimum atomic E-state index is -0.240. The molecule has 2 aromatic heterocycles. The van der Waals surface area contributed by atoms with Crippen molar-refractivity contribution in [3.05, 3.63) is 75.9 Å². The summed E-state index contributed by atoms with van der Waals surface area (Å²) in [5.41, 5.74) is 2.87. The summed E-state index contributed by atoms with van der Waals surface area (Å²) in [5, 5.41) is 13.4. The lowest BCUT2D eigenvalue weighted by molar-refractivity contribution is 0.102. The van der Waals surface area contributed by atoms with Crippen molar-refractivity contribution in [2.45, 2.75) is 32.9 Å². The van der Waals surface area contributed by atoms with Crippen molar-refractivity contribution in [3.8, 4) is 0 Å². The van der Waals surface area contributed by atoms with Crippen molar-refractivity contribution >= 4 is 33.9 Å². The Hall–Kier alpha value is -3.03. The fourth-order valence-corrected chi connectivity index (χ4v) is 3.99. The quantitative estimate of drug-likeness (QED) is 0.440. The Morgan fingerprint density at radius 2 is 1.93 bits per heavy atom. The number of furan rings is 1. The van der Waals surface area contributed by atoms with Gasteiger partial charge >= 0.3 is 0 Å². The van der Waals surface area contributed by atoms with E-state index >= 15 is 0 Å². The van der Waals surface area contributed by atoms with Gasteiger partial charge in [0.1, 0.15) is 16.4 Å². The van der Waals surface area contributed by atoms with Crippen LogP contribution >= 0.6 is 11.3 Å². The molecule has 0 aliphatic rings. The average Bonchev–Trinajstić information content (AvgIpc) is 3.40. The number of carbonyl (C=O) groups is 1. The number of amides is 1. The molecule has 30 heavy (non-hydrogen) atoms. The molecule has 0 saturated carbocycles. The third-order valence-electron chi connectivity index (χ3n) is 5.18. The topological polar surface area (TPSA) is 71.3 Å². The van der Waals surface area contributed by atoms with Crippen LogP contribution in [0.4, 0.5) is 5.69 Å². The van der Waals surface area contributed by atoms with Gasteiger partial charge in [-0.25, -0.2) is 0 Å². The lowest BCUT2D eigenvalue weighted by Crippen LogP contribution is -2.21. The minimum Gasteiger partial charge on any atom is -0.459 e. The van der Waals surface area contributed by atoms with Crippen molar-refractivity contribution in [1.82, 2.24) is 15.1 Å². The van der Waals surface area contributed by atoms with Crippen molar-refractivity contribution in [2.24, 2.45) is 0 Å². The molecule has 0 bridgehead atoms. The summed E-state index contributed by atoms with van der Waals surface area (Å²) in [6.07, 6.45) is 0.966. The first kappa shape index (κ1) is 20.3. The van der Waals surface area contributed by atoms with Gasteiger partial charge in [-0.05, 0) is 50.2 Å². The highest BCUT2D eigenvalue weighted by molar-refractivity contribution is 7.13. The molecule has 0 spiro atoms. The molecule has 4 aromatic rings. The van der Waals surface area contributed by atoms with Crippen LogP contribution in [0.1, 0.15) is 46.0 Å². The third kappa shape index (κ3) is 4.42. The maximum Gasteiger partial charge on any atom is 0.286 e. The second-order valence-electron chi connectivity index (χ2n) is 7.28. The largest absolute Gasteiger partial charge is 0.459 e. The first-order valence-electron chi connectivity index (χ1n) is 9.95. The Morgan fingerprint density at radius 3 is 2.67 bits per heavy atom. The minimum absolute atomic E-state index is 0.0654. The summed E-state index contributed by atoms with van der Waals surface area (Å²) in [7, 11) is 2.01. The van der Waals surface area contributed by atoms with Crippen LogP contribution in [0, 0.1) is 0 Å². The molecule has 4 rings (SSSR count). The van der Waals surface area contributed by atoms with Gasteiger partial charge < -0.3 is 9.73 Å². The zero-order valence-electron chi connectivity index (χ0n) is 17.3. The molecule has 0 aliphatic carbocycles. The summed E-state index contributed by atoms with van der Waals surface area (Å²) in [6, 6.07) is 17.9. The van der Waals surface area contributed by atoms with Gasteiger partial charge in [-0.3, -0.25) is 9.69 Å². The first-order valence-corrected chi connectivity index (χ1v) is 10.8. The SMILES string of the molecule is CCc1ccc(NC(=O)c2nnc(CN(C)C(C)c3cc4ccccc4o3)s2)cc1. The summed E-state index contributed by atoms with van der Waals surface area (Å²) in [5.74, 6) is 0.660. The number of aryl methyl sites for hydroxylation is 1. The molecule has 0 fully saturated rings. The molecule has 154 valence electrons. The van der Waals surface area contributed by atoms with Crippen molar-refractivity contribution < 1.29 is 9.21 Å². The van der Waals surface area contributed by atoms with Crippen LogP contribution in [-0.4, -0.2) is 28.1 Å². The lowest BCUT2D eigenvalue weighted by Gasteiger charge is -2.21. The van der Waals surface area contributed by atoms with Crippen molar-refractivity contribution in [1.29, 1.82) is 0 Å². The molecule has 1 unspecified atom stereocenters. The average molecular weight is 421 g/mol. The van der Waals surface area contributed by atoms with Gasteiger partial charge in [0.05, 0.1) is 12.6 Å². The van der Waals surface area contributed by atoms with Gasteiger partial charge in [0.15, 0.2) is 0 Å². The second-order valence-corrected chi connectivity index (χ2v) is 8.35. The van der Waals surface area contributed by atoms with E-state index in [0.29, 0.717) is 11.6 Å². The number of nitrogens with one attached hydrogen (secondary N) is 1. The van der Waals surface area contributed by atoms with E-state index in [9.17, 15) is 4.79 Å². The molecule has 2 heterocycles. The Balaban J connectivity index is 1.39. The van der Waals surface area contributed by atoms with Crippen LogP contribution in [-0.2, 0) is 13.0 Å². The van der Waals surface area contributed by atoms with Gasteiger partial charge in [0.2, 0.25) is 5.01 Å². The number of hydrogen-bond acceptors (Lipinski definition) is 6. The summed E-state index contributed by atoms with van der Waals surface area (Å²) >= 11 is 1.31. The Kier molecular flexibility index (Phi) is 5.92. The number of nitrogens with zero attached hydrogens (tertiary/aromatic N) is 3. The number of rotatable bonds is 7. The smallest absolute Gasteiger partial charge is 0.286 e. The summed E-state index contributed by atoms with van der Waals surface area (Å²) in [4.78, 5) is 14.6. The number of hydrogen-bond donors (Lipinski definition) is 1. The van der Waals surface area contributed by atoms with Crippen LogP contribution in [0.5, 0.6) is 0 Å². The third-order valence-corrected chi connectivity index (χ3v) is 6.09. The van der Waals surface area contributed by atoms with Gasteiger partial charge in [-0.1, -0.05) is 48.6 Å². The van der Waals surface area contributed by atoms with Gasteiger partial charge in [-0.15, -0.1) is 10.2 Å². The fourth-order valence-electron chi connectivity index (χ4n) is 3.19. The summed E-state index contributed by atoms with van der Waals surface area (Å²) < 4.78 is 5.98. The normalized spacial score (nSPS) is 12.4. The molecular weight excluding hydrogens is 396 g/mol. The highest BCUT2D eigenvalue weighted by Gasteiger charge is 2.19. The Labute approximate surface area is 179 Å². The maximum atomic E-state index is 12.5. The van der Waals surface area contributed by atoms with E-state index < -0.39 is 0 Å². The molecule has 7 heteroatoms. The molecule has 0 radical (unpaired) electrons. The molecule has 6 nitrogen and oxygen atoms in total. The highest BCUT2D eigenvalue weighted by atomic mass is 32.1. The summed E-state index contributed by atoms with van der Waals surface area (Å²) in [6.45, 7) is 4.77. The molecule has 2 aromatic carbocycles. The van der Waals surface area contributed by atoms with E-state index in [1.807, 2.05) is 55.6 Å². The van der Waals surface area contributed by atoms with Gasteiger partial charge in [-0.2, -0.15) is 0 Å². The standard InChI is InChI=1S/C23H24N4O2S/c1-4-16-9-11-18(12-10-16)24-22(28)23-26-25-21(30-23)14-27(3)15(2)20-13-17-7-5-6-8-19(17)29-20/h5-13,15H,4,14H2,1-3H3,(H,24,28). The van der Waals surface area contributed by atoms with E-state index in [-0.39, 0.29) is 11.9 Å². The van der Waals surface area contributed by atoms with Crippen LogP contribution in [0.25, 0.3) is 11.0 Å². The second kappa shape index (κ2) is 8.77. The van der Waals surface area contributed by atoms with Crippen molar-refractivity contribution in [3.63, 3.8) is 0 Å². The zero-order chi connectivity index (χ0) is 21.1. The highest BCUT2D eigenvalue weighted by Crippen LogP contribution is 2.28. The van der Waals surface area contributed by atoms with E-state index in [2.05, 4.69) is 40.3 Å². The molecule has 0 saturated heterocycles.